The fourth-order valence-corrected chi connectivity index (χ4v) is 3.49. The average molecular weight is 278 g/mol. The van der Waals surface area contributed by atoms with Gasteiger partial charge in [-0.25, -0.2) is 0 Å². The molecule has 1 aliphatic carbocycles. The van der Waals surface area contributed by atoms with E-state index < -0.39 is 0 Å². The van der Waals surface area contributed by atoms with Crippen molar-refractivity contribution in [1.82, 2.24) is 0 Å². The molecule has 21 heavy (non-hydrogen) atoms. The molecular weight excluding hydrogens is 252 g/mol. The summed E-state index contributed by atoms with van der Waals surface area (Å²) in [6.07, 6.45) is 0. The van der Waals surface area contributed by atoms with Crippen LogP contribution in [0.2, 0.25) is 0 Å². The molecule has 0 heteroatoms. The highest BCUT2D eigenvalue weighted by molar-refractivity contribution is 5.81. The smallest absolute Gasteiger partial charge is 0.0159 e. The van der Waals surface area contributed by atoms with E-state index in [9.17, 15) is 0 Å². The van der Waals surface area contributed by atoms with Crippen molar-refractivity contribution in [3.8, 4) is 11.1 Å². The van der Waals surface area contributed by atoms with Gasteiger partial charge in [0, 0.05) is 5.41 Å². The van der Waals surface area contributed by atoms with Crippen LogP contribution in [0.5, 0.6) is 0 Å². The first kappa shape index (κ1) is 14.4. The Labute approximate surface area is 129 Å². The highest BCUT2D eigenvalue weighted by atomic mass is 14.4. The summed E-state index contributed by atoms with van der Waals surface area (Å²) in [4.78, 5) is 0. The first-order valence-corrected chi connectivity index (χ1v) is 8.11. The van der Waals surface area contributed by atoms with Gasteiger partial charge in [-0.15, -0.1) is 0 Å². The quantitative estimate of drug-likeness (QED) is 0.610. The maximum atomic E-state index is 2.43. The van der Waals surface area contributed by atoms with E-state index in [2.05, 4.69) is 77.9 Å². The lowest BCUT2D eigenvalue weighted by Gasteiger charge is -2.23. The maximum Gasteiger partial charge on any atom is 0.0159 e. The van der Waals surface area contributed by atoms with Crippen molar-refractivity contribution in [3.05, 3.63) is 58.7 Å². The van der Waals surface area contributed by atoms with Crippen molar-refractivity contribution in [2.45, 2.75) is 58.8 Å². The number of hydrogen-bond donors (Lipinski definition) is 0. The Morgan fingerprint density at radius 3 is 1.38 bits per heavy atom. The average Bonchev–Trinajstić information content (AvgIpc) is 2.67. The number of rotatable bonds is 2. The van der Waals surface area contributed by atoms with Gasteiger partial charge in [-0.3, -0.25) is 0 Å². The van der Waals surface area contributed by atoms with Gasteiger partial charge in [0.15, 0.2) is 0 Å². The van der Waals surface area contributed by atoms with E-state index in [0.717, 1.165) is 0 Å². The summed E-state index contributed by atoms with van der Waals surface area (Å²) in [5.74, 6) is 1.17. The van der Waals surface area contributed by atoms with Crippen molar-refractivity contribution in [3.63, 3.8) is 0 Å². The van der Waals surface area contributed by atoms with Crippen molar-refractivity contribution >= 4 is 0 Å². The van der Waals surface area contributed by atoms with E-state index in [0.29, 0.717) is 11.8 Å². The zero-order chi connectivity index (χ0) is 15.4. The van der Waals surface area contributed by atoms with E-state index in [4.69, 9.17) is 0 Å². The molecule has 0 saturated heterocycles. The van der Waals surface area contributed by atoms with Crippen molar-refractivity contribution in [1.29, 1.82) is 0 Å². The van der Waals surface area contributed by atoms with E-state index in [1.807, 2.05) is 0 Å². The molecule has 0 saturated carbocycles. The Morgan fingerprint density at radius 2 is 1.05 bits per heavy atom. The maximum absolute atomic E-state index is 2.43. The number of hydrogen-bond acceptors (Lipinski definition) is 0. The molecule has 0 atom stereocenters. The van der Waals surface area contributed by atoms with Gasteiger partial charge in [-0.2, -0.15) is 0 Å². The second-order valence-electron chi connectivity index (χ2n) is 7.54. The van der Waals surface area contributed by atoms with Crippen LogP contribution in [0.4, 0.5) is 0 Å². The van der Waals surface area contributed by atoms with E-state index in [1.54, 1.807) is 0 Å². The van der Waals surface area contributed by atoms with Crippen LogP contribution in [-0.2, 0) is 5.41 Å². The minimum atomic E-state index is 0.112. The van der Waals surface area contributed by atoms with E-state index in [1.165, 1.54) is 33.4 Å². The second-order valence-corrected chi connectivity index (χ2v) is 7.54. The molecular formula is C21H26. The predicted molar refractivity (Wildman–Crippen MR) is 92.2 cm³/mol. The molecule has 0 amide bonds. The third-order valence-corrected chi connectivity index (χ3v) is 5.06. The van der Waals surface area contributed by atoms with Gasteiger partial charge < -0.3 is 0 Å². The molecule has 0 fully saturated rings. The molecule has 0 spiro atoms. The molecule has 0 nitrogen and oxygen atoms in total. The Hall–Kier alpha value is -1.56. The fourth-order valence-electron chi connectivity index (χ4n) is 3.49. The third-order valence-electron chi connectivity index (χ3n) is 5.06. The standard InChI is InChI=1S/C21H26/c1-13(2)15-7-9-17-18-10-8-16(14(3)4)12-20(18)21(5,6)19(17)11-15/h7-14H,1-6H3. The molecule has 2 aromatic rings. The van der Waals surface area contributed by atoms with Crippen LogP contribution in [0.15, 0.2) is 36.4 Å². The Balaban J connectivity index is 2.22. The van der Waals surface area contributed by atoms with Crippen LogP contribution < -0.4 is 0 Å². The molecule has 2 aromatic carbocycles. The lowest BCUT2D eigenvalue weighted by molar-refractivity contribution is 0.655. The summed E-state index contributed by atoms with van der Waals surface area (Å²) >= 11 is 0. The van der Waals surface area contributed by atoms with Crippen molar-refractivity contribution in [2.75, 3.05) is 0 Å². The molecule has 0 aromatic heterocycles. The second kappa shape index (κ2) is 4.73. The first-order chi connectivity index (χ1) is 9.82. The summed E-state index contributed by atoms with van der Waals surface area (Å²) in [7, 11) is 0. The van der Waals surface area contributed by atoms with E-state index >= 15 is 0 Å². The number of benzene rings is 2. The zero-order valence-corrected chi connectivity index (χ0v) is 14.1. The normalized spacial score (nSPS) is 15.4. The summed E-state index contributed by atoms with van der Waals surface area (Å²) in [6, 6.07) is 14.1. The van der Waals surface area contributed by atoms with Crippen LogP contribution in [0, 0.1) is 0 Å². The molecule has 3 rings (SSSR count). The summed E-state index contributed by atoms with van der Waals surface area (Å²) < 4.78 is 0. The minimum absolute atomic E-state index is 0.112. The Bertz CT molecular complexity index is 628. The molecule has 0 radical (unpaired) electrons. The SMILES string of the molecule is CC(C)c1ccc2c(c1)C(C)(C)c1cc(C(C)C)ccc1-2. The van der Waals surface area contributed by atoms with Crippen LogP contribution in [0.25, 0.3) is 11.1 Å². The highest BCUT2D eigenvalue weighted by Crippen LogP contribution is 2.49. The summed E-state index contributed by atoms with van der Waals surface area (Å²) in [5.41, 5.74) is 8.83. The Kier molecular flexibility index (Phi) is 3.24. The lowest BCUT2D eigenvalue weighted by Crippen LogP contribution is -2.15. The van der Waals surface area contributed by atoms with Crippen LogP contribution in [0.1, 0.15) is 75.6 Å². The van der Waals surface area contributed by atoms with Crippen LogP contribution >= 0.6 is 0 Å². The van der Waals surface area contributed by atoms with Gasteiger partial charge in [0.25, 0.3) is 0 Å². The molecule has 0 aliphatic heterocycles. The van der Waals surface area contributed by atoms with Crippen LogP contribution in [0.3, 0.4) is 0 Å². The zero-order valence-electron chi connectivity index (χ0n) is 14.1. The van der Waals surface area contributed by atoms with Gasteiger partial charge in [-0.1, -0.05) is 77.9 Å². The Morgan fingerprint density at radius 1 is 0.667 bits per heavy atom. The highest BCUT2D eigenvalue weighted by Gasteiger charge is 2.35. The summed E-state index contributed by atoms with van der Waals surface area (Å²) in [5, 5.41) is 0. The molecule has 0 heterocycles. The number of fused-ring (bicyclic) bond motifs is 3. The third kappa shape index (κ3) is 2.12. The molecule has 0 unspecified atom stereocenters. The topological polar surface area (TPSA) is 0 Å². The lowest BCUT2D eigenvalue weighted by atomic mass is 9.80. The largest absolute Gasteiger partial charge is 0.0587 e. The van der Waals surface area contributed by atoms with Gasteiger partial charge in [0.1, 0.15) is 0 Å². The van der Waals surface area contributed by atoms with Crippen molar-refractivity contribution in [2.24, 2.45) is 0 Å². The molecule has 0 N–H and O–H groups in total. The van der Waals surface area contributed by atoms with Gasteiger partial charge in [0.2, 0.25) is 0 Å². The van der Waals surface area contributed by atoms with E-state index in [-0.39, 0.29) is 5.41 Å². The van der Waals surface area contributed by atoms with Crippen molar-refractivity contribution < 1.29 is 0 Å². The van der Waals surface area contributed by atoms with Gasteiger partial charge in [-0.05, 0) is 45.2 Å². The molecule has 1 aliphatic rings. The fraction of sp³-hybridized carbons (Fsp3) is 0.429. The van der Waals surface area contributed by atoms with Gasteiger partial charge in [0.05, 0.1) is 0 Å². The monoisotopic (exact) mass is 278 g/mol. The van der Waals surface area contributed by atoms with Crippen LogP contribution in [-0.4, -0.2) is 0 Å². The minimum Gasteiger partial charge on any atom is -0.0587 e. The van der Waals surface area contributed by atoms with Gasteiger partial charge >= 0.3 is 0 Å². The summed E-state index contributed by atoms with van der Waals surface area (Å²) in [6.45, 7) is 13.8. The predicted octanol–water partition coefficient (Wildman–Crippen LogP) is 6.24. The molecule has 0 bridgehead atoms. The first-order valence-electron chi connectivity index (χ1n) is 8.11. The molecule has 110 valence electrons.